The Bertz CT molecular complexity index is 346. The number of nitrogens with two attached hydrogens (primary N) is 1. The van der Waals surface area contributed by atoms with Crippen LogP contribution in [0.4, 0.5) is 0 Å². The van der Waals surface area contributed by atoms with E-state index in [0.29, 0.717) is 13.0 Å². The van der Waals surface area contributed by atoms with Crippen molar-refractivity contribution in [1.82, 2.24) is 5.32 Å². The maximum absolute atomic E-state index is 11.6. The van der Waals surface area contributed by atoms with E-state index in [1.165, 1.54) is 4.88 Å². The highest BCUT2D eigenvalue weighted by atomic mass is 32.1. The van der Waals surface area contributed by atoms with Crippen molar-refractivity contribution in [2.75, 3.05) is 6.54 Å². The molecule has 3 nitrogen and oxygen atoms in total. The van der Waals surface area contributed by atoms with Crippen molar-refractivity contribution >= 4 is 17.2 Å². The Labute approximate surface area is 107 Å². The van der Waals surface area contributed by atoms with E-state index >= 15 is 0 Å². The molecular weight excluding hydrogens is 232 g/mol. The van der Waals surface area contributed by atoms with Gasteiger partial charge in [-0.15, -0.1) is 11.3 Å². The number of amides is 1. The van der Waals surface area contributed by atoms with Crippen molar-refractivity contribution in [2.45, 2.75) is 45.1 Å². The molecule has 1 rings (SSSR count). The van der Waals surface area contributed by atoms with Crippen molar-refractivity contribution in [2.24, 2.45) is 5.73 Å². The summed E-state index contributed by atoms with van der Waals surface area (Å²) in [5, 5.41) is 5.03. The lowest BCUT2D eigenvalue weighted by atomic mass is 9.91. The molecule has 4 heteroatoms. The van der Waals surface area contributed by atoms with E-state index < -0.39 is 0 Å². The van der Waals surface area contributed by atoms with Gasteiger partial charge in [-0.1, -0.05) is 26.8 Å². The highest BCUT2D eigenvalue weighted by Crippen LogP contribution is 2.26. The average Bonchev–Trinajstić information content (AvgIpc) is 2.80. The number of carbonyl (C=O) groups excluding carboxylic acids is 1. The molecule has 1 unspecified atom stereocenters. The summed E-state index contributed by atoms with van der Waals surface area (Å²) in [6, 6.07) is 4.12. The van der Waals surface area contributed by atoms with Gasteiger partial charge in [-0.25, -0.2) is 0 Å². The monoisotopic (exact) mass is 254 g/mol. The molecular formula is C13H22N2OS. The Morgan fingerprint density at radius 2 is 2.29 bits per heavy atom. The third kappa shape index (κ3) is 4.48. The predicted octanol–water partition coefficient (Wildman–Crippen LogP) is 2.27. The third-order valence-corrected chi connectivity index (χ3v) is 4.12. The molecule has 0 saturated carbocycles. The van der Waals surface area contributed by atoms with Gasteiger partial charge in [-0.3, -0.25) is 4.79 Å². The molecule has 1 heterocycles. The second kappa shape index (κ2) is 6.17. The Hall–Kier alpha value is -0.870. The molecule has 1 aromatic rings. The SMILES string of the molecule is CCC(N)CC(=O)NCC(C)(C)c1cccs1. The van der Waals surface area contributed by atoms with E-state index in [4.69, 9.17) is 5.73 Å². The van der Waals surface area contributed by atoms with Gasteiger partial charge < -0.3 is 11.1 Å². The van der Waals surface area contributed by atoms with Crippen LogP contribution in [0, 0.1) is 0 Å². The minimum Gasteiger partial charge on any atom is -0.355 e. The summed E-state index contributed by atoms with van der Waals surface area (Å²) in [5.74, 6) is 0.0454. The second-order valence-corrected chi connectivity index (χ2v) is 5.96. The smallest absolute Gasteiger partial charge is 0.221 e. The molecule has 1 aromatic heterocycles. The van der Waals surface area contributed by atoms with E-state index in [9.17, 15) is 4.79 Å². The third-order valence-electron chi connectivity index (χ3n) is 2.89. The zero-order chi connectivity index (χ0) is 12.9. The van der Waals surface area contributed by atoms with Crippen LogP contribution in [-0.2, 0) is 10.2 Å². The quantitative estimate of drug-likeness (QED) is 0.818. The first-order valence-electron chi connectivity index (χ1n) is 6.02. The molecule has 3 N–H and O–H groups in total. The normalized spacial score (nSPS) is 13.4. The van der Waals surface area contributed by atoms with Crippen molar-refractivity contribution in [3.63, 3.8) is 0 Å². The summed E-state index contributed by atoms with van der Waals surface area (Å²) in [5.41, 5.74) is 5.74. The van der Waals surface area contributed by atoms with Gasteiger partial charge in [-0.05, 0) is 17.9 Å². The van der Waals surface area contributed by atoms with Gasteiger partial charge in [0.2, 0.25) is 5.91 Å². The maximum Gasteiger partial charge on any atom is 0.221 e. The molecule has 0 bridgehead atoms. The standard InChI is InChI=1S/C13H22N2OS/c1-4-10(14)8-12(16)15-9-13(2,3)11-6-5-7-17-11/h5-7,10H,4,8-9,14H2,1-3H3,(H,15,16). The summed E-state index contributed by atoms with van der Waals surface area (Å²) < 4.78 is 0. The molecule has 17 heavy (non-hydrogen) atoms. The molecule has 1 atom stereocenters. The molecule has 0 saturated heterocycles. The van der Waals surface area contributed by atoms with Gasteiger partial charge in [0.1, 0.15) is 0 Å². The van der Waals surface area contributed by atoms with Gasteiger partial charge >= 0.3 is 0 Å². The molecule has 0 aliphatic carbocycles. The van der Waals surface area contributed by atoms with Gasteiger partial charge in [0, 0.05) is 29.3 Å². The number of hydrogen-bond acceptors (Lipinski definition) is 3. The van der Waals surface area contributed by atoms with Gasteiger partial charge in [-0.2, -0.15) is 0 Å². The van der Waals surface area contributed by atoms with E-state index in [1.54, 1.807) is 11.3 Å². The largest absolute Gasteiger partial charge is 0.355 e. The first-order valence-corrected chi connectivity index (χ1v) is 6.90. The van der Waals surface area contributed by atoms with E-state index in [2.05, 4.69) is 30.6 Å². The van der Waals surface area contributed by atoms with Crippen LogP contribution in [0.25, 0.3) is 0 Å². The summed E-state index contributed by atoms with van der Waals surface area (Å²) in [4.78, 5) is 12.9. The van der Waals surface area contributed by atoms with Crippen molar-refractivity contribution in [3.05, 3.63) is 22.4 Å². The molecule has 0 spiro atoms. The Kier molecular flexibility index (Phi) is 5.15. The van der Waals surface area contributed by atoms with Gasteiger partial charge in [0.05, 0.1) is 0 Å². The second-order valence-electron chi connectivity index (χ2n) is 5.01. The topological polar surface area (TPSA) is 55.1 Å². The molecule has 0 radical (unpaired) electrons. The number of carbonyl (C=O) groups is 1. The van der Waals surface area contributed by atoms with Crippen LogP contribution >= 0.6 is 11.3 Å². The van der Waals surface area contributed by atoms with E-state index in [1.807, 2.05) is 13.0 Å². The average molecular weight is 254 g/mol. The van der Waals surface area contributed by atoms with Crippen molar-refractivity contribution in [3.8, 4) is 0 Å². The number of nitrogens with one attached hydrogen (secondary N) is 1. The lowest BCUT2D eigenvalue weighted by Crippen LogP contribution is -2.38. The Balaban J connectivity index is 2.42. The Morgan fingerprint density at radius 3 is 2.82 bits per heavy atom. The molecule has 1 amide bonds. The first kappa shape index (κ1) is 14.2. The minimum atomic E-state index is -0.0279. The van der Waals surface area contributed by atoms with Crippen LogP contribution in [0.1, 0.15) is 38.5 Å². The zero-order valence-electron chi connectivity index (χ0n) is 10.8. The van der Waals surface area contributed by atoms with E-state index in [-0.39, 0.29) is 17.4 Å². The number of thiophene rings is 1. The molecule has 0 aliphatic heterocycles. The molecule has 0 aliphatic rings. The van der Waals surface area contributed by atoms with Crippen LogP contribution in [0.5, 0.6) is 0 Å². The first-order chi connectivity index (χ1) is 7.95. The lowest BCUT2D eigenvalue weighted by molar-refractivity contribution is -0.121. The van der Waals surface area contributed by atoms with Crippen LogP contribution < -0.4 is 11.1 Å². The molecule has 0 aromatic carbocycles. The van der Waals surface area contributed by atoms with Gasteiger partial charge in [0.15, 0.2) is 0 Å². The number of hydrogen-bond donors (Lipinski definition) is 2. The van der Waals surface area contributed by atoms with Crippen LogP contribution in [-0.4, -0.2) is 18.5 Å². The minimum absolute atomic E-state index is 0.0138. The summed E-state index contributed by atoms with van der Waals surface area (Å²) in [7, 11) is 0. The van der Waals surface area contributed by atoms with Crippen LogP contribution in [0.2, 0.25) is 0 Å². The predicted molar refractivity (Wildman–Crippen MR) is 73.2 cm³/mol. The summed E-state index contributed by atoms with van der Waals surface area (Å²) >= 11 is 1.72. The fourth-order valence-electron chi connectivity index (χ4n) is 1.52. The fraction of sp³-hybridized carbons (Fsp3) is 0.615. The van der Waals surface area contributed by atoms with Crippen molar-refractivity contribution < 1.29 is 4.79 Å². The fourth-order valence-corrected chi connectivity index (χ4v) is 2.38. The summed E-state index contributed by atoms with van der Waals surface area (Å²) in [6.45, 7) is 6.92. The van der Waals surface area contributed by atoms with Crippen LogP contribution in [0.15, 0.2) is 17.5 Å². The summed E-state index contributed by atoms with van der Waals surface area (Å²) in [6.07, 6.45) is 1.25. The zero-order valence-corrected chi connectivity index (χ0v) is 11.6. The lowest BCUT2D eigenvalue weighted by Gasteiger charge is -2.24. The van der Waals surface area contributed by atoms with E-state index in [0.717, 1.165) is 6.42 Å². The van der Waals surface area contributed by atoms with Crippen LogP contribution in [0.3, 0.4) is 0 Å². The number of rotatable bonds is 6. The van der Waals surface area contributed by atoms with Crippen molar-refractivity contribution in [1.29, 1.82) is 0 Å². The molecule has 0 fully saturated rings. The maximum atomic E-state index is 11.6. The highest BCUT2D eigenvalue weighted by Gasteiger charge is 2.22. The Morgan fingerprint density at radius 1 is 1.59 bits per heavy atom. The highest BCUT2D eigenvalue weighted by molar-refractivity contribution is 7.10. The molecule has 96 valence electrons. The van der Waals surface area contributed by atoms with Gasteiger partial charge in [0.25, 0.3) is 0 Å².